The summed E-state index contributed by atoms with van der Waals surface area (Å²) in [6, 6.07) is 17.3. The Labute approximate surface area is 195 Å². The van der Waals surface area contributed by atoms with Crippen molar-refractivity contribution in [3.8, 4) is 28.1 Å². The van der Waals surface area contributed by atoms with Crippen LogP contribution in [0.2, 0.25) is 5.02 Å². The number of fused-ring (bicyclic) bond motifs is 3. The second-order valence-electron chi connectivity index (χ2n) is 8.84. The molecule has 0 atom stereocenters. The topological polar surface area (TPSA) is 85.2 Å². The maximum atomic E-state index is 12.6. The van der Waals surface area contributed by atoms with Gasteiger partial charge in [-0.25, -0.2) is 24.3 Å². The van der Waals surface area contributed by atoms with Gasteiger partial charge in [0.2, 0.25) is 0 Å². The maximum absolute atomic E-state index is 12.6. The van der Waals surface area contributed by atoms with Crippen LogP contribution in [0.4, 0.5) is 0 Å². The van der Waals surface area contributed by atoms with Crippen molar-refractivity contribution in [2.45, 2.75) is 26.2 Å². The third-order valence-electron chi connectivity index (χ3n) is 5.54. The van der Waals surface area contributed by atoms with Crippen LogP contribution in [0.25, 0.3) is 39.1 Å². The Morgan fingerprint density at radius 2 is 1.73 bits per heavy atom. The second-order valence-corrected chi connectivity index (χ2v) is 9.24. The van der Waals surface area contributed by atoms with Crippen LogP contribution in [0.5, 0.6) is 5.75 Å². The molecule has 5 rings (SSSR count). The van der Waals surface area contributed by atoms with Crippen LogP contribution in [0, 0.1) is 0 Å². The second kappa shape index (κ2) is 7.71. The molecule has 5 aromatic rings. The minimum Gasteiger partial charge on any atom is -0.497 e. The highest BCUT2D eigenvalue weighted by atomic mass is 35.5. The fourth-order valence-corrected chi connectivity index (χ4v) is 4.16. The molecule has 166 valence electrons. The molecule has 0 fully saturated rings. The van der Waals surface area contributed by atoms with Crippen molar-refractivity contribution in [1.82, 2.24) is 24.6 Å². The van der Waals surface area contributed by atoms with Gasteiger partial charge < -0.3 is 4.74 Å². The smallest absolute Gasteiger partial charge is 0.349 e. The fourth-order valence-electron chi connectivity index (χ4n) is 3.93. The molecular weight excluding hydrogens is 438 g/mol. The van der Waals surface area contributed by atoms with Crippen molar-refractivity contribution in [3.63, 3.8) is 0 Å². The molecule has 33 heavy (non-hydrogen) atoms. The molecule has 0 aliphatic heterocycles. The van der Waals surface area contributed by atoms with E-state index in [0.29, 0.717) is 33.2 Å². The first-order chi connectivity index (χ1) is 15.8. The van der Waals surface area contributed by atoms with Crippen LogP contribution >= 0.6 is 11.6 Å². The Balaban J connectivity index is 1.91. The molecule has 0 saturated carbocycles. The minimum atomic E-state index is -0.402. The Bertz CT molecular complexity index is 1560. The zero-order valence-electron chi connectivity index (χ0n) is 18.7. The number of H-pyrrole nitrogens is 1. The number of benzene rings is 2. The highest BCUT2D eigenvalue weighted by molar-refractivity contribution is 6.33. The molecular formula is C25H22ClN5O2. The number of nitrogens with one attached hydrogen (secondary N) is 1. The molecule has 0 aliphatic rings. The zero-order valence-corrected chi connectivity index (χ0v) is 19.4. The normalized spacial score (nSPS) is 11.9. The zero-order chi connectivity index (χ0) is 23.3. The lowest BCUT2D eigenvalue weighted by Gasteiger charge is -2.20. The SMILES string of the molecule is COc1ccc(-c2cc3c(nc2-c2ccccc2Cl)nc(C(C)(C)C)n2c(=O)[nH]nc32)cc1. The van der Waals surface area contributed by atoms with Crippen molar-refractivity contribution >= 4 is 28.3 Å². The molecule has 0 aliphatic carbocycles. The predicted octanol–water partition coefficient (Wildman–Crippen LogP) is 5.26. The minimum absolute atomic E-state index is 0.328. The fraction of sp³-hybridized carbons (Fsp3) is 0.200. The molecule has 2 aromatic carbocycles. The van der Waals surface area contributed by atoms with Gasteiger partial charge >= 0.3 is 5.69 Å². The molecule has 3 heterocycles. The van der Waals surface area contributed by atoms with Gasteiger partial charge in [-0.3, -0.25) is 0 Å². The summed E-state index contributed by atoms with van der Waals surface area (Å²) in [6.45, 7) is 6.00. The Kier molecular flexibility index (Phi) is 4.94. The summed E-state index contributed by atoms with van der Waals surface area (Å²) in [5, 5.41) is 8.12. The van der Waals surface area contributed by atoms with E-state index in [0.717, 1.165) is 22.4 Å². The van der Waals surface area contributed by atoms with Gasteiger partial charge in [-0.15, -0.1) is 0 Å². The van der Waals surface area contributed by atoms with Crippen molar-refractivity contribution < 1.29 is 4.74 Å². The molecule has 0 spiro atoms. The van der Waals surface area contributed by atoms with Crippen LogP contribution in [-0.2, 0) is 5.41 Å². The molecule has 3 aromatic heterocycles. The summed E-state index contributed by atoms with van der Waals surface area (Å²) in [5.74, 6) is 1.34. The Hall–Kier alpha value is -3.71. The van der Waals surface area contributed by atoms with Gasteiger partial charge in [0, 0.05) is 21.6 Å². The van der Waals surface area contributed by atoms with E-state index in [1.807, 2.05) is 75.4 Å². The lowest BCUT2D eigenvalue weighted by Crippen LogP contribution is -2.25. The van der Waals surface area contributed by atoms with Gasteiger partial charge in [0.05, 0.1) is 18.2 Å². The number of hydrogen-bond acceptors (Lipinski definition) is 5. The van der Waals surface area contributed by atoms with E-state index >= 15 is 0 Å². The first kappa shape index (κ1) is 21.2. The van der Waals surface area contributed by atoms with Gasteiger partial charge in [-0.05, 0) is 29.8 Å². The Morgan fingerprint density at radius 3 is 2.39 bits per heavy atom. The number of methoxy groups -OCH3 is 1. The summed E-state index contributed by atoms with van der Waals surface area (Å²) in [6.07, 6.45) is 0. The molecule has 0 unspecified atom stereocenters. The van der Waals surface area contributed by atoms with Gasteiger partial charge in [0.15, 0.2) is 11.3 Å². The third kappa shape index (κ3) is 3.54. The standard InChI is InChI=1S/C25H22ClN5O2/c1-25(2,3)23-28-21-18(22-29-30-24(32)31(22)23)13-17(14-9-11-15(33-4)12-10-14)20(27-21)16-7-5-6-8-19(16)26/h5-13H,1-4H3,(H,30,32). The van der Waals surface area contributed by atoms with Crippen molar-refractivity contribution in [2.75, 3.05) is 7.11 Å². The number of ether oxygens (including phenoxy) is 1. The summed E-state index contributed by atoms with van der Waals surface area (Å²) in [4.78, 5) is 22.4. The van der Waals surface area contributed by atoms with E-state index in [4.69, 9.17) is 26.3 Å². The van der Waals surface area contributed by atoms with Crippen LogP contribution in [0.3, 0.4) is 0 Å². The number of pyridine rings is 1. The van der Waals surface area contributed by atoms with Crippen molar-refractivity contribution in [2.24, 2.45) is 0 Å². The molecule has 0 bridgehead atoms. The molecule has 0 saturated heterocycles. The first-order valence-corrected chi connectivity index (χ1v) is 10.9. The molecule has 0 radical (unpaired) electrons. The van der Waals surface area contributed by atoms with E-state index in [2.05, 4.69) is 10.2 Å². The third-order valence-corrected chi connectivity index (χ3v) is 5.87. The van der Waals surface area contributed by atoms with Crippen LogP contribution in [-0.4, -0.2) is 31.7 Å². The average Bonchev–Trinajstić information content (AvgIpc) is 3.19. The Morgan fingerprint density at radius 1 is 1.00 bits per heavy atom. The quantitative estimate of drug-likeness (QED) is 0.397. The molecule has 7 nitrogen and oxygen atoms in total. The predicted molar refractivity (Wildman–Crippen MR) is 130 cm³/mol. The monoisotopic (exact) mass is 459 g/mol. The van der Waals surface area contributed by atoms with Gasteiger partial charge in [-0.1, -0.05) is 62.7 Å². The van der Waals surface area contributed by atoms with E-state index in [9.17, 15) is 4.79 Å². The lowest BCUT2D eigenvalue weighted by atomic mass is 9.95. The van der Waals surface area contributed by atoms with Crippen molar-refractivity contribution in [1.29, 1.82) is 0 Å². The average molecular weight is 460 g/mol. The highest BCUT2D eigenvalue weighted by Crippen LogP contribution is 2.38. The number of aromatic amines is 1. The highest BCUT2D eigenvalue weighted by Gasteiger charge is 2.25. The van der Waals surface area contributed by atoms with E-state index in [-0.39, 0.29) is 5.69 Å². The summed E-state index contributed by atoms with van der Waals surface area (Å²) in [5.41, 5.74) is 3.53. The maximum Gasteiger partial charge on any atom is 0.349 e. The first-order valence-electron chi connectivity index (χ1n) is 10.5. The van der Waals surface area contributed by atoms with Crippen LogP contribution in [0.1, 0.15) is 26.6 Å². The lowest BCUT2D eigenvalue weighted by molar-refractivity contribution is 0.415. The van der Waals surface area contributed by atoms with E-state index in [1.54, 1.807) is 7.11 Å². The number of aromatic nitrogens is 5. The van der Waals surface area contributed by atoms with Gasteiger partial charge in [0.25, 0.3) is 0 Å². The molecule has 1 N–H and O–H groups in total. The number of nitrogens with zero attached hydrogens (tertiary/aromatic N) is 4. The molecule has 0 amide bonds. The summed E-state index contributed by atoms with van der Waals surface area (Å²) in [7, 11) is 1.63. The van der Waals surface area contributed by atoms with Crippen LogP contribution in [0.15, 0.2) is 59.4 Å². The van der Waals surface area contributed by atoms with Crippen molar-refractivity contribution in [3.05, 3.63) is 75.9 Å². The number of rotatable bonds is 3. The summed E-state index contributed by atoms with van der Waals surface area (Å²) >= 11 is 6.58. The van der Waals surface area contributed by atoms with Gasteiger partial charge in [0.1, 0.15) is 11.6 Å². The number of halogens is 1. The van der Waals surface area contributed by atoms with E-state index < -0.39 is 5.41 Å². The van der Waals surface area contributed by atoms with Gasteiger partial charge in [-0.2, -0.15) is 5.10 Å². The van der Waals surface area contributed by atoms with E-state index in [1.165, 1.54) is 4.40 Å². The van der Waals surface area contributed by atoms with Crippen LogP contribution < -0.4 is 10.4 Å². The largest absolute Gasteiger partial charge is 0.497 e. The summed E-state index contributed by atoms with van der Waals surface area (Å²) < 4.78 is 6.84. The molecule has 8 heteroatoms. The number of hydrogen-bond donors (Lipinski definition) is 1.